The standard InChI is InChI=1S/C13H17NO/c1-9-2-3-10(11(15)8-9)12(4-5-12)13(14)6-7-13/h2-3,8,15H,4-7,14H2,1H3. The third-order valence-electron chi connectivity index (χ3n) is 4.16. The lowest BCUT2D eigenvalue weighted by molar-refractivity contribution is 0.433. The van der Waals surface area contributed by atoms with E-state index >= 15 is 0 Å². The minimum Gasteiger partial charge on any atom is -0.508 e. The first kappa shape index (κ1) is 9.22. The normalized spacial score (nSPS) is 24.9. The van der Waals surface area contributed by atoms with Gasteiger partial charge in [0.05, 0.1) is 0 Å². The van der Waals surface area contributed by atoms with Gasteiger partial charge in [0.2, 0.25) is 0 Å². The Hall–Kier alpha value is -1.02. The van der Waals surface area contributed by atoms with Crippen LogP contribution in [0.3, 0.4) is 0 Å². The molecule has 2 heteroatoms. The van der Waals surface area contributed by atoms with E-state index in [4.69, 9.17) is 5.73 Å². The third-order valence-corrected chi connectivity index (χ3v) is 4.16. The van der Waals surface area contributed by atoms with Gasteiger partial charge in [-0.3, -0.25) is 0 Å². The number of nitrogens with two attached hydrogens (primary N) is 1. The monoisotopic (exact) mass is 203 g/mol. The molecule has 0 heterocycles. The first-order valence-electron chi connectivity index (χ1n) is 5.66. The Kier molecular flexibility index (Phi) is 1.57. The number of hydrogen-bond acceptors (Lipinski definition) is 2. The summed E-state index contributed by atoms with van der Waals surface area (Å²) in [7, 11) is 0. The Morgan fingerprint density at radius 1 is 1.20 bits per heavy atom. The van der Waals surface area contributed by atoms with Crippen molar-refractivity contribution in [2.24, 2.45) is 5.73 Å². The average molecular weight is 203 g/mol. The molecule has 2 saturated carbocycles. The van der Waals surface area contributed by atoms with Gasteiger partial charge in [-0.25, -0.2) is 0 Å². The number of phenols is 1. The Balaban J connectivity index is 2.06. The largest absolute Gasteiger partial charge is 0.508 e. The molecule has 0 atom stereocenters. The molecular weight excluding hydrogens is 186 g/mol. The summed E-state index contributed by atoms with van der Waals surface area (Å²) >= 11 is 0. The highest BCUT2D eigenvalue weighted by atomic mass is 16.3. The molecule has 0 unspecified atom stereocenters. The highest BCUT2D eigenvalue weighted by Gasteiger charge is 2.64. The molecule has 0 radical (unpaired) electrons. The van der Waals surface area contributed by atoms with Crippen molar-refractivity contribution in [3.05, 3.63) is 29.3 Å². The summed E-state index contributed by atoms with van der Waals surface area (Å²) in [5.74, 6) is 0.434. The van der Waals surface area contributed by atoms with E-state index in [9.17, 15) is 5.11 Å². The van der Waals surface area contributed by atoms with E-state index in [1.54, 1.807) is 0 Å². The van der Waals surface area contributed by atoms with Crippen LogP contribution in [0, 0.1) is 6.92 Å². The van der Waals surface area contributed by atoms with Gasteiger partial charge in [-0.2, -0.15) is 0 Å². The van der Waals surface area contributed by atoms with Crippen molar-refractivity contribution in [3.63, 3.8) is 0 Å². The molecule has 2 aliphatic rings. The number of benzene rings is 1. The molecule has 2 fully saturated rings. The number of phenolic OH excluding ortho intramolecular Hbond substituents is 1. The Bertz CT molecular complexity index is 417. The highest BCUT2D eigenvalue weighted by molar-refractivity contribution is 5.49. The van der Waals surface area contributed by atoms with Gasteiger partial charge in [-0.15, -0.1) is 0 Å². The zero-order valence-corrected chi connectivity index (χ0v) is 9.09. The number of hydrogen-bond donors (Lipinski definition) is 2. The molecule has 3 rings (SSSR count). The molecule has 0 saturated heterocycles. The van der Waals surface area contributed by atoms with Crippen molar-refractivity contribution in [2.45, 2.75) is 43.6 Å². The molecule has 80 valence electrons. The maximum Gasteiger partial charge on any atom is 0.119 e. The summed E-state index contributed by atoms with van der Waals surface area (Å²) < 4.78 is 0. The first-order valence-corrected chi connectivity index (χ1v) is 5.66. The molecule has 0 aromatic heterocycles. The fourth-order valence-corrected chi connectivity index (χ4v) is 2.82. The van der Waals surface area contributed by atoms with Crippen LogP contribution in [0.15, 0.2) is 18.2 Å². The quantitative estimate of drug-likeness (QED) is 0.774. The molecule has 0 amide bonds. The molecule has 0 bridgehead atoms. The van der Waals surface area contributed by atoms with E-state index in [0.717, 1.165) is 36.8 Å². The van der Waals surface area contributed by atoms with Crippen LogP contribution >= 0.6 is 0 Å². The molecule has 1 aromatic carbocycles. The summed E-state index contributed by atoms with van der Waals surface area (Å²) in [4.78, 5) is 0. The SMILES string of the molecule is Cc1ccc(C2(C3(N)CC3)CC2)c(O)c1. The van der Waals surface area contributed by atoms with E-state index in [1.807, 2.05) is 13.0 Å². The van der Waals surface area contributed by atoms with E-state index < -0.39 is 0 Å². The Labute approximate surface area is 90.1 Å². The second-order valence-electron chi connectivity index (χ2n) is 5.26. The maximum atomic E-state index is 10.0. The zero-order valence-electron chi connectivity index (χ0n) is 9.09. The summed E-state index contributed by atoms with van der Waals surface area (Å²) in [6, 6.07) is 5.98. The molecular formula is C13H17NO. The molecule has 2 aliphatic carbocycles. The highest BCUT2D eigenvalue weighted by Crippen LogP contribution is 2.64. The molecule has 2 nitrogen and oxygen atoms in total. The fourth-order valence-electron chi connectivity index (χ4n) is 2.82. The summed E-state index contributed by atoms with van der Waals surface area (Å²) in [5, 5.41) is 10.0. The number of aryl methyl sites for hydroxylation is 1. The van der Waals surface area contributed by atoms with Gasteiger partial charge in [0.15, 0.2) is 0 Å². The van der Waals surface area contributed by atoms with Gasteiger partial charge in [0, 0.05) is 16.5 Å². The minimum atomic E-state index is -0.0141. The average Bonchev–Trinajstić information content (AvgIpc) is 3.01. The molecule has 3 N–H and O–H groups in total. The first-order chi connectivity index (χ1) is 7.07. The van der Waals surface area contributed by atoms with Crippen LogP contribution in [0.1, 0.15) is 36.8 Å². The van der Waals surface area contributed by atoms with Crippen LogP contribution in [0.25, 0.3) is 0 Å². The number of rotatable bonds is 2. The van der Waals surface area contributed by atoms with Crippen molar-refractivity contribution in [1.82, 2.24) is 0 Å². The van der Waals surface area contributed by atoms with Crippen LogP contribution in [-0.4, -0.2) is 10.6 Å². The molecule has 1 aromatic rings. The number of aromatic hydroxyl groups is 1. The van der Waals surface area contributed by atoms with Gasteiger partial charge >= 0.3 is 0 Å². The summed E-state index contributed by atoms with van der Waals surface area (Å²) in [5.41, 5.74) is 8.58. The van der Waals surface area contributed by atoms with Crippen molar-refractivity contribution in [2.75, 3.05) is 0 Å². The van der Waals surface area contributed by atoms with Crippen molar-refractivity contribution in [1.29, 1.82) is 0 Å². The van der Waals surface area contributed by atoms with Crippen molar-refractivity contribution < 1.29 is 5.11 Å². The minimum absolute atomic E-state index is 0.0141. The Morgan fingerprint density at radius 3 is 2.33 bits per heavy atom. The van der Waals surface area contributed by atoms with Crippen LogP contribution in [0.2, 0.25) is 0 Å². The second kappa shape index (κ2) is 2.56. The molecule has 0 spiro atoms. The summed E-state index contributed by atoms with van der Waals surface area (Å²) in [6.45, 7) is 2.00. The van der Waals surface area contributed by atoms with Gasteiger partial charge in [0.1, 0.15) is 5.75 Å². The van der Waals surface area contributed by atoms with E-state index in [-0.39, 0.29) is 11.0 Å². The van der Waals surface area contributed by atoms with E-state index in [0.29, 0.717) is 5.75 Å². The van der Waals surface area contributed by atoms with Gasteiger partial charge in [0.25, 0.3) is 0 Å². The van der Waals surface area contributed by atoms with Crippen LogP contribution < -0.4 is 5.73 Å². The topological polar surface area (TPSA) is 46.2 Å². The van der Waals surface area contributed by atoms with Crippen LogP contribution in [-0.2, 0) is 5.41 Å². The summed E-state index contributed by atoms with van der Waals surface area (Å²) in [6.07, 6.45) is 4.50. The van der Waals surface area contributed by atoms with E-state index in [1.165, 1.54) is 0 Å². The second-order valence-corrected chi connectivity index (χ2v) is 5.26. The Morgan fingerprint density at radius 2 is 1.87 bits per heavy atom. The predicted octanol–water partition coefficient (Wildman–Crippen LogP) is 2.22. The van der Waals surface area contributed by atoms with E-state index in [2.05, 4.69) is 12.1 Å². The molecule has 0 aliphatic heterocycles. The van der Waals surface area contributed by atoms with Crippen molar-refractivity contribution >= 4 is 0 Å². The van der Waals surface area contributed by atoms with Crippen LogP contribution in [0.5, 0.6) is 5.75 Å². The third kappa shape index (κ3) is 1.14. The van der Waals surface area contributed by atoms with Crippen LogP contribution in [0.4, 0.5) is 0 Å². The van der Waals surface area contributed by atoms with Gasteiger partial charge in [-0.05, 0) is 44.2 Å². The lowest BCUT2D eigenvalue weighted by atomic mass is 9.85. The molecule has 15 heavy (non-hydrogen) atoms. The maximum absolute atomic E-state index is 10.0. The van der Waals surface area contributed by atoms with Gasteiger partial charge in [-0.1, -0.05) is 12.1 Å². The van der Waals surface area contributed by atoms with Crippen molar-refractivity contribution in [3.8, 4) is 5.75 Å². The zero-order chi connectivity index (χ0) is 10.7. The predicted molar refractivity (Wildman–Crippen MR) is 59.9 cm³/mol. The fraction of sp³-hybridized carbons (Fsp3) is 0.538. The smallest absolute Gasteiger partial charge is 0.119 e. The van der Waals surface area contributed by atoms with Gasteiger partial charge < -0.3 is 10.8 Å². The lowest BCUT2D eigenvalue weighted by Crippen LogP contribution is -2.37. The lowest BCUT2D eigenvalue weighted by Gasteiger charge is -2.24.